The molecule has 24 heavy (non-hydrogen) atoms. The Kier molecular flexibility index (Phi) is 4.97. The van der Waals surface area contributed by atoms with Crippen molar-refractivity contribution >= 4 is 11.3 Å². The Labute approximate surface area is 148 Å². The van der Waals surface area contributed by atoms with Gasteiger partial charge in [-0.25, -0.2) is 0 Å². The lowest BCUT2D eigenvalue weighted by Gasteiger charge is -2.29. The number of hydrogen-bond acceptors (Lipinski definition) is 3. The second kappa shape index (κ2) is 6.85. The van der Waals surface area contributed by atoms with Gasteiger partial charge in [0.2, 0.25) is 0 Å². The van der Waals surface area contributed by atoms with E-state index in [1.165, 1.54) is 29.7 Å². The molecule has 2 aromatic rings. The second-order valence-corrected chi connectivity index (χ2v) is 9.17. The Morgan fingerprint density at radius 1 is 1.17 bits per heavy atom. The number of nitrogens with one attached hydrogen (secondary N) is 1. The number of H-pyrrole nitrogens is 1. The summed E-state index contributed by atoms with van der Waals surface area (Å²) in [6, 6.07) is 8.63. The van der Waals surface area contributed by atoms with Crippen molar-refractivity contribution in [2.75, 3.05) is 13.1 Å². The molecule has 2 heterocycles. The number of likely N-dealkylation sites (tertiary alicyclic amines) is 1. The highest BCUT2D eigenvalue weighted by Crippen LogP contribution is 2.29. The summed E-state index contributed by atoms with van der Waals surface area (Å²) in [5.74, 6) is 0.829. The average Bonchev–Trinajstić information content (AvgIpc) is 2.89. The van der Waals surface area contributed by atoms with Crippen LogP contribution in [0.1, 0.15) is 51.0 Å². The number of piperidine rings is 1. The fourth-order valence-electron chi connectivity index (χ4n) is 3.26. The third-order valence-corrected chi connectivity index (χ3v) is 5.87. The zero-order chi connectivity index (χ0) is 17.3. The summed E-state index contributed by atoms with van der Waals surface area (Å²) in [6.45, 7) is 12.1. The summed E-state index contributed by atoms with van der Waals surface area (Å²) in [5.41, 5.74) is 3.58. The molecule has 1 aromatic carbocycles. The maximum absolute atomic E-state index is 11.9. The lowest BCUT2D eigenvalue weighted by atomic mass is 9.86. The van der Waals surface area contributed by atoms with Crippen molar-refractivity contribution < 1.29 is 0 Å². The molecule has 0 bridgehead atoms. The number of aromatic nitrogens is 1. The van der Waals surface area contributed by atoms with Crippen LogP contribution in [0.4, 0.5) is 0 Å². The molecule has 0 atom stereocenters. The van der Waals surface area contributed by atoms with Crippen LogP contribution in [0.3, 0.4) is 0 Å². The van der Waals surface area contributed by atoms with Gasteiger partial charge in [-0.15, -0.1) is 0 Å². The van der Waals surface area contributed by atoms with Gasteiger partial charge in [0.05, 0.1) is 5.69 Å². The molecule has 1 saturated heterocycles. The first-order valence-electron chi connectivity index (χ1n) is 8.88. The summed E-state index contributed by atoms with van der Waals surface area (Å²) < 4.78 is 0. The molecule has 3 nitrogen and oxygen atoms in total. The molecule has 130 valence electrons. The van der Waals surface area contributed by atoms with Crippen molar-refractivity contribution in [2.24, 2.45) is 5.92 Å². The van der Waals surface area contributed by atoms with Gasteiger partial charge >= 0.3 is 4.87 Å². The maximum Gasteiger partial charge on any atom is 0.305 e. The minimum Gasteiger partial charge on any atom is -0.312 e. The van der Waals surface area contributed by atoms with E-state index in [4.69, 9.17) is 0 Å². The van der Waals surface area contributed by atoms with Crippen LogP contribution in [-0.2, 0) is 12.0 Å². The third-order valence-electron chi connectivity index (χ3n) is 5.00. The molecule has 1 aliphatic heterocycles. The van der Waals surface area contributed by atoms with Crippen molar-refractivity contribution in [3.63, 3.8) is 0 Å². The van der Waals surface area contributed by atoms with Gasteiger partial charge in [0.25, 0.3) is 0 Å². The molecule has 0 aliphatic carbocycles. The normalized spacial score (nSPS) is 17.3. The molecular formula is C20H28N2OS. The Morgan fingerprint density at radius 3 is 2.38 bits per heavy atom. The smallest absolute Gasteiger partial charge is 0.305 e. The highest BCUT2D eigenvalue weighted by atomic mass is 32.1. The van der Waals surface area contributed by atoms with Crippen LogP contribution in [0.5, 0.6) is 0 Å². The van der Waals surface area contributed by atoms with E-state index in [1.54, 1.807) is 0 Å². The van der Waals surface area contributed by atoms with Crippen molar-refractivity contribution in [3.05, 3.63) is 44.4 Å². The fraction of sp³-hybridized carbons (Fsp3) is 0.550. The molecule has 0 spiro atoms. The van der Waals surface area contributed by atoms with Gasteiger partial charge in [-0.2, -0.15) is 0 Å². The van der Waals surface area contributed by atoms with Crippen molar-refractivity contribution in [1.29, 1.82) is 0 Å². The molecule has 0 radical (unpaired) electrons. The lowest BCUT2D eigenvalue weighted by Crippen LogP contribution is -2.32. The van der Waals surface area contributed by atoms with Crippen molar-refractivity contribution in [3.8, 4) is 11.3 Å². The highest BCUT2D eigenvalue weighted by Gasteiger charge is 2.19. The van der Waals surface area contributed by atoms with Gasteiger partial charge in [-0.1, -0.05) is 63.3 Å². The molecule has 0 amide bonds. The van der Waals surface area contributed by atoms with E-state index >= 15 is 0 Å². The monoisotopic (exact) mass is 344 g/mol. The lowest BCUT2D eigenvalue weighted by molar-refractivity contribution is 0.187. The van der Waals surface area contributed by atoms with Crippen molar-refractivity contribution in [2.45, 2.75) is 52.5 Å². The summed E-state index contributed by atoms with van der Waals surface area (Å²) in [5, 5.41) is 0. The topological polar surface area (TPSA) is 36.1 Å². The van der Waals surface area contributed by atoms with E-state index in [-0.39, 0.29) is 10.3 Å². The SMILES string of the molecule is CC1CCN(Cc2sc(=O)[nH]c2-c2ccc(C(C)(C)C)cc2)CC1. The van der Waals surface area contributed by atoms with Crippen LogP contribution in [0.2, 0.25) is 0 Å². The predicted octanol–water partition coefficient (Wildman–Crippen LogP) is 4.63. The minimum atomic E-state index is 0.0466. The average molecular weight is 345 g/mol. The van der Waals surface area contributed by atoms with E-state index in [0.29, 0.717) is 0 Å². The number of aromatic amines is 1. The number of thiazole rings is 1. The van der Waals surface area contributed by atoms with Gasteiger partial charge in [-0.05, 0) is 48.4 Å². The van der Waals surface area contributed by atoms with Gasteiger partial charge in [0, 0.05) is 11.4 Å². The van der Waals surface area contributed by atoms with Crippen LogP contribution >= 0.6 is 11.3 Å². The second-order valence-electron chi connectivity index (χ2n) is 8.10. The molecule has 1 N–H and O–H groups in total. The Balaban J connectivity index is 1.82. The zero-order valence-electron chi connectivity index (χ0n) is 15.2. The van der Waals surface area contributed by atoms with Crippen molar-refractivity contribution in [1.82, 2.24) is 9.88 Å². The molecule has 0 saturated carbocycles. The summed E-state index contributed by atoms with van der Waals surface area (Å²) in [7, 11) is 0. The molecule has 1 fully saturated rings. The standard InChI is InChI=1S/C20H28N2OS/c1-14-9-11-22(12-10-14)13-17-18(21-19(23)24-17)15-5-7-16(8-6-15)20(2,3)4/h5-8,14H,9-13H2,1-4H3,(H,21,23). The van der Waals surface area contributed by atoms with E-state index in [1.807, 2.05) is 0 Å². The first-order valence-corrected chi connectivity index (χ1v) is 9.70. The van der Waals surface area contributed by atoms with E-state index in [2.05, 4.69) is 61.8 Å². The van der Waals surface area contributed by atoms with Crippen LogP contribution in [0.15, 0.2) is 29.1 Å². The largest absolute Gasteiger partial charge is 0.312 e. The summed E-state index contributed by atoms with van der Waals surface area (Å²) >= 11 is 1.36. The van der Waals surface area contributed by atoms with E-state index < -0.39 is 0 Å². The molecule has 1 aliphatic rings. The molecule has 3 rings (SSSR count). The van der Waals surface area contributed by atoms with Crippen LogP contribution < -0.4 is 4.87 Å². The zero-order valence-corrected chi connectivity index (χ0v) is 16.0. The fourth-order valence-corrected chi connectivity index (χ4v) is 4.16. The van der Waals surface area contributed by atoms with E-state index in [0.717, 1.165) is 41.7 Å². The first kappa shape index (κ1) is 17.4. The number of hydrogen-bond donors (Lipinski definition) is 1. The maximum atomic E-state index is 11.9. The van der Waals surface area contributed by atoms with Gasteiger partial charge in [-0.3, -0.25) is 9.69 Å². The number of benzene rings is 1. The third kappa shape index (κ3) is 3.98. The van der Waals surface area contributed by atoms with Crippen LogP contribution in [0.25, 0.3) is 11.3 Å². The quantitative estimate of drug-likeness (QED) is 0.881. The van der Waals surface area contributed by atoms with Gasteiger partial charge in [0.15, 0.2) is 0 Å². The Hall–Kier alpha value is -1.39. The molecule has 0 unspecified atom stereocenters. The summed E-state index contributed by atoms with van der Waals surface area (Å²) in [4.78, 5) is 18.7. The van der Waals surface area contributed by atoms with Crippen LogP contribution in [0, 0.1) is 5.92 Å². The Bertz CT molecular complexity index is 728. The number of nitrogens with zero attached hydrogens (tertiary/aromatic N) is 1. The number of rotatable bonds is 3. The predicted molar refractivity (Wildman–Crippen MR) is 103 cm³/mol. The molecule has 4 heteroatoms. The van der Waals surface area contributed by atoms with Crippen LogP contribution in [-0.4, -0.2) is 23.0 Å². The molecular weight excluding hydrogens is 316 g/mol. The highest BCUT2D eigenvalue weighted by molar-refractivity contribution is 7.09. The molecule has 1 aromatic heterocycles. The first-order chi connectivity index (χ1) is 11.3. The minimum absolute atomic E-state index is 0.0466. The van der Waals surface area contributed by atoms with Gasteiger partial charge < -0.3 is 4.98 Å². The Morgan fingerprint density at radius 2 is 1.79 bits per heavy atom. The van der Waals surface area contributed by atoms with E-state index in [9.17, 15) is 4.79 Å². The summed E-state index contributed by atoms with van der Waals surface area (Å²) in [6.07, 6.45) is 2.52. The van der Waals surface area contributed by atoms with Gasteiger partial charge in [0.1, 0.15) is 0 Å².